The Balaban J connectivity index is 2.29. The van der Waals surface area contributed by atoms with Crippen molar-refractivity contribution in [3.63, 3.8) is 0 Å². The summed E-state index contributed by atoms with van der Waals surface area (Å²) in [6.45, 7) is 3.96. The van der Waals surface area contributed by atoms with Crippen LogP contribution in [-0.4, -0.2) is 42.5 Å². The second-order valence-corrected chi connectivity index (χ2v) is 7.60. The fourth-order valence-corrected chi connectivity index (χ4v) is 4.07. The molecule has 0 saturated heterocycles. The number of esters is 1. The molecular weight excluding hydrogens is 326 g/mol. The second-order valence-electron chi connectivity index (χ2n) is 4.62. The Morgan fingerprint density at radius 1 is 1.50 bits per heavy atom. The predicted octanol–water partition coefficient (Wildman–Crippen LogP) is 1.78. The van der Waals surface area contributed by atoms with Crippen molar-refractivity contribution in [3.8, 4) is 0 Å². The number of H-pyrrole nitrogens is 1. The van der Waals surface area contributed by atoms with Crippen molar-refractivity contribution in [2.45, 2.75) is 25.4 Å². The molecule has 0 radical (unpaired) electrons. The number of aromatic nitrogens is 2. The smallest absolute Gasteiger partial charge is 0.342 e. The lowest BCUT2D eigenvalue weighted by molar-refractivity contribution is 0.0521. The Morgan fingerprint density at radius 2 is 2.23 bits per heavy atom. The standard InChI is InChI=1S/C13H17N3O4S2/c1-4-20-13(17)10-7-14-15-12(10)22(18,19)16(3)8-11-9(2)5-6-21-11/h5-7H,4,8H2,1-3H3,(H,14,15). The van der Waals surface area contributed by atoms with Crippen LogP contribution in [0.25, 0.3) is 0 Å². The molecule has 0 saturated carbocycles. The maximum absolute atomic E-state index is 12.6. The fourth-order valence-electron chi connectivity index (χ4n) is 1.83. The van der Waals surface area contributed by atoms with Crippen molar-refractivity contribution in [3.05, 3.63) is 33.6 Å². The summed E-state index contributed by atoms with van der Waals surface area (Å²) in [5.41, 5.74) is 0.943. The van der Waals surface area contributed by atoms with Gasteiger partial charge in [0.2, 0.25) is 0 Å². The minimum absolute atomic E-state index is 0.0865. The van der Waals surface area contributed by atoms with Crippen molar-refractivity contribution < 1.29 is 17.9 Å². The van der Waals surface area contributed by atoms with Gasteiger partial charge in [0.1, 0.15) is 5.56 Å². The van der Waals surface area contributed by atoms with Crippen LogP contribution in [0.5, 0.6) is 0 Å². The van der Waals surface area contributed by atoms with Crippen molar-refractivity contribution in [2.75, 3.05) is 13.7 Å². The molecule has 0 aliphatic heterocycles. The average Bonchev–Trinajstić information content (AvgIpc) is 3.09. The van der Waals surface area contributed by atoms with Gasteiger partial charge in [0.25, 0.3) is 10.0 Å². The fraction of sp³-hybridized carbons (Fsp3) is 0.385. The van der Waals surface area contributed by atoms with Gasteiger partial charge in [0, 0.05) is 18.5 Å². The van der Waals surface area contributed by atoms with Crippen molar-refractivity contribution >= 4 is 27.3 Å². The number of aryl methyl sites for hydroxylation is 1. The quantitative estimate of drug-likeness (QED) is 0.807. The van der Waals surface area contributed by atoms with E-state index in [1.165, 1.54) is 22.7 Å². The molecule has 0 aromatic carbocycles. The van der Waals surface area contributed by atoms with Gasteiger partial charge in [0.05, 0.1) is 12.8 Å². The van der Waals surface area contributed by atoms with Gasteiger partial charge in [-0.05, 0) is 30.9 Å². The number of carbonyl (C=O) groups excluding carboxylic acids is 1. The number of sulfonamides is 1. The summed E-state index contributed by atoms with van der Waals surface area (Å²) in [7, 11) is -2.40. The van der Waals surface area contributed by atoms with Gasteiger partial charge in [-0.15, -0.1) is 11.3 Å². The third kappa shape index (κ3) is 3.21. The van der Waals surface area contributed by atoms with E-state index in [9.17, 15) is 13.2 Å². The van der Waals surface area contributed by atoms with Crippen LogP contribution in [0.2, 0.25) is 0 Å². The van der Waals surface area contributed by atoms with E-state index in [2.05, 4.69) is 10.2 Å². The predicted molar refractivity (Wildman–Crippen MR) is 82.3 cm³/mol. The number of aromatic amines is 1. The Labute approximate surface area is 133 Å². The molecule has 0 spiro atoms. The zero-order chi connectivity index (χ0) is 16.3. The van der Waals surface area contributed by atoms with Crippen LogP contribution in [-0.2, 0) is 21.3 Å². The van der Waals surface area contributed by atoms with Crippen molar-refractivity contribution in [1.82, 2.24) is 14.5 Å². The lowest BCUT2D eigenvalue weighted by Crippen LogP contribution is -2.28. The highest BCUT2D eigenvalue weighted by molar-refractivity contribution is 7.89. The number of nitrogens with zero attached hydrogens (tertiary/aromatic N) is 2. The zero-order valence-corrected chi connectivity index (χ0v) is 14.1. The zero-order valence-electron chi connectivity index (χ0n) is 12.5. The minimum Gasteiger partial charge on any atom is -0.462 e. The summed E-state index contributed by atoms with van der Waals surface area (Å²) in [4.78, 5) is 12.8. The number of thiophene rings is 1. The van der Waals surface area contributed by atoms with E-state index in [0.717, 1.165) is 16.6 Å². The number of carbonyl (C=O) groups is 1. The molecule has 9 heteroatoms. The molecule has 2 rings (SSSR count). The number of ether oxygens (including phenoxy) is 1. The lowest BCUT2D eigenvalue weighted by atomic mass is 10.3. The first-order valence-electron chi connectivity index (χ1n) is 6.57. The van der Waals surface area contributed by atoms with Gasteiger partial charge in [-0.3, -0.25) is 5.10 Å². The molecule has 22 heavy (non-hydrogen) atoms. The van der Waals surface area contributed by atoms with Crippen LogP contribution in [0.4, 0.5) is 0 Å². The van der Waals surface area contributed by atoms with Crippen molar-refractivity contribution in [2.24, 2.45) is 0 Å². The van der Waals surface area contributed by atoms with Gasteiger partial charge in [0.15, 0.2) is 5.03 Å². The molecule has 1 N–H and O–H groups in total. The number of hydrogen-bond donors (Lipinski definition) is 1. The third-order valence-corrected chi connectivity index (χ3v) is 5.89. The van der Waals surface area contributed by atoms with Gasteiger partial charge < -0.3 is 4.74 Å². The Bertz CT molecular complexity index is 764. The molecule has 0 aliphatic carbocycles. The van der Waals surface area contributed by atoms with E-state index in [0.29, 0.717) is 0 Å². The Kier molecular flexibility index (Phi) is 4.99. The highest BCUT2D eigenvalue weighted by atomic mass is 32.2. The molecule has 0 amide bonds. The number of hydrogen-bond acceptors (Lipinski definition) is 6. The third-order valence-electron chi connectivity index (χ3n) is 3.10. The van der Waals surface area contributed by atoms with Gasteiger partial charge in [-0.2, -0.15) is 9.40 Å². The first-order chi connectivity index (χ1) is 10.4. The maximum Gasteiger partial charge on any atom is 0.342 e. The summed E-state index contributed by atoms with van der Waals surface area (Å²) in [5.74, 6) is -0.712. The first kappa shape index (κ1) is 16.7. The molecule has 0 bridgehead atoms. The topological polar surface area (TPSA) is 92.4 Å². The number of nitrogens with one attached hydrogen (secondary N) is 1. The van der Waals surface area contributed by atoms with Crippen LogP contribution in [0.3, 0.4) is 0 Å². The summed E-state index contributed by atoms with van der Waals surface area (Å²) in [6, 6.07) is 1.93. The van der Waals surface area contributed by atoms with Gasteiger partial charge >= 0.3 is 5.97 Å². The molecule has 2 heterocycles. The van der Waals surface area contributed by atoms with Crippen LogP contribution in [0, 0.1) is 6.92 Å². The van der Waals surface area contributed by atoms with E-state index in [-0.39, 0.29) is 23.7 Å². The molecular formula is C13H17N3O4S2. The summed E-state index contributed by atoms with van der Waals surface area (Å²) < 4.78 is 31.3. The van der Waals surface area contributed by atoms with Crippen LogP contribution < -0.4 is 0 Å². The SMILES string of the molecule is CCOC(=O)c1cn[nH]c1S(=O)(=O)N(C)Cc1sccc1C. The molecule has 0 fully saturated rings. The summed E-state index contributed by atoms with van der Waals surface area (Å²) in [5, 5.41) is 7.70. The normalized spacial score (nSPS) is 11.8. The largest absolute Gasteiger partial charge is 0.462 e. The van der Waals surface area contributed by atoms with E-state index < -0.39 is 16.0 Å². The minimum atomic E-state index is -3.86. The highest BCUT2D eigenvalue weighted by Crippen LogP contribution is 2.22. The summed E-state index contributed by atoms with van der Waals surface area (Å²) >= 11 is 1.49. The van der Waals surface area contributed by atoms with Gasteiger partial charge in [-0.1, -0.05) is 0 Å². The Morgan fingerprint density at radius 3 is 2.82 bits per heavy atom. The molecule has 0 aliphatic rings. The average molecular weight is 343 g/mol. The van der Waals surface area contributed by atoms with E-state index in [1.807, 2.05) is 18.4 Å². The number of rotatable bonds is 6. The molecule has 0 atom stereocenters. The first-order valence-corrected chi connectivity index (χ1v) is 8.89. The van der Waals surface area contributed by atoms with E-state index in [4.69, 9.17) is 4.74 Å². The van der Waals surface area contributed by atoms with E-state index in [1.54, 1.807) is 6.92 Å². The maximum atomic E-state index is 12.6. The van der Waals surface area contributed by atoms with Crippen LogP contribution >= 0.6 is 11.3 Å². The second kappa shape index (κ2) is 6.59. The molecule has 7 nitrogen and oxygen atoms in total. The molecule has 2 aromatic rings. The molecule has 2 aromatic heterocycles. The monoisotopic (exact) mass is 343 g/mol. The molecule has 120 valence electrons. The molecule has 0 unspecified atom stereocenters. The Hall–Kier alpha value is -1.71. The van der Waals surface area contributed by atoms with Crippen LogP contribution in [0.15, 0.2) is 22.7 Å². The lowest BCUT2D eigenvalue weighted by Gasteiger charge is -2.16. The van der Waals surface area contributed by atoms with Crippen molar-refractivity contribution in [1.29, 1.82) is 0 Å². The van der Waals surface area contributed by atoms with E-state index >= 15 is 0 Å². The van der Waals surface area contributed by atoms with Gasteiger partial charge in [-0.25, -0.2) is 13.2 Å². The highest BCUT2D eigenvalue weighted by Gasteiger charge is 2.30. The van der Waals surface area contributed by atoms with Crippen LogP contribution in [0.1, 0.15) is 27.7 Å². The summed E-state index contributed by atoms with van der Waals surface area (Å²) in [6.07, 6.45) is 1.16.